The van der Waals surface area contributed by atoms with Gasteiger partial charge in [0.05, 0.1) is 5.69 Å². The van der Waals surface area contributed by atoms with Crippen LogP contribution in [0.3, 0.4) is 0 Å². The summed E-state index contributed by atoms with van der Waals surface area (Å²) in [5, 5.41) is 11.1. The van der Waals surface area contributed by atoms with Gasteiger partial charge in [-0.3, -0.25) is 5.32 Å². The molecule has 1 N–H and O–H groups in total. The summed E-state index contributed by atoms with van der Waals surface area (Å²) in [5.41, 5.74) is 5.96. The zero-order valence-electron chi connectivity index (χ0n) is 19.7. The van der Waals surface area contributed by atoms with Gasteiger partial charge in [-0.15, -0.1) is 17.2 Å². The van der Waals surface area contributed by atoms with Gasteiger partial charge in [0.15, 0.2) is 5.82 Å². The maximum Gasteiger partial charge on any atom is 1.00 e. The van der Waals surface area contributed by atoms with Crippen LogP contribution in [0.25, 0.3) is 16.8 Å². The molecule has 1 saturated carbocycles. The van der Waals surface area contributed by atoms with E-state index in [1.54, 1.807) is 11.6 Å². The van der Waals surface area contributed by atoms with Crippen molar-refractivity contribution in [2.24, 2.45) is 0 Å². The normalized spacial score (nSPS) is 13.1. The van der Waals surface area contributed by atoms with Crippen molar-refractivity contribution in [1.82, 2.24) is 15.0 Å². The molecule has 7 heteroatoms. The first-order valence-corrected chi connectivity index (χ1v) is 11.1. The van der Waals surface area contributed by atoms with Crippen molar-refractivity contribution in [2.75, 3.05) is 5.32 Å². The van der Waals surface area contributed by atoms with Gasteiger partial charge in [0.2, 0.25) is 0 Å². The van der Waals surface area contributed by atoms with Crippen LogP contribution in [0.2, 0.25) is 0 Å². The molecule has 1 aromatic heterocycles. The molecule has 0 spiro atoms. The van der Waals surface area contributed by atoms with Crippen LogP contribution < -0.4 is 34.9 Å². The third kappa shape index (κ3) is 5.36. The molecule has 1 fully saturated rings. The fourth-order valence-electron chi connectivity index (χ4n) is 3.80. The molecule has 6 nitrogen and oxygen atoms in total. The van der Waals surface area contributed by atoms with Crippen molar-refractivity contribution in [2.45, 2.75) is 32.8 Å². The molecule has 166 valence electrons. The molecule has 4 aromatic rings. The number of carbonyl (C=O) groups excluding carboxylic acids is 1. The summed E-state index contributed by atoms with van der Waals surface area (Å²) in [5.74, 6) is 2.02. The van der Waals surface area contributed by atoms with Gasteiger partial charge in [-0.2, -0.15) is 28.3 Å². The SMILES string of the molecule is Cc1nnn(-c2ccc(-c3ccc([C-]4CC4)cc3)cc2)c1NC(=O)O[C@H](C)c1ccccc1.[Na+]. The number of hydrogen-bond acceptors (Lipinski definition) is 4. The Kier molecular flexibility index (Phi) is 7.41. The van der Waals surface area contributed by atoms with E-state index in [4.69, 9.17) is 4.74 Å². The van der Waals surface area contributed by atoms with E-state index in [2.05, 4.69) is 39.9 Å². The van der Waals surface area contributed by atoms with Crippen LogP contribution in [0.4, 0.5) is 10.6 Å². The Morgan fingerprint density at radius 1 is 0.971 bits per heavy atom. The van der Waals surface area contributed by atoms with Crippen LogP contribution in [-0.4, -0.2) is 21.1 Å². The van der Waals surface area contributed by atoms with Crippen molar-refractivity contribution in [1.29, 1.82) is 0 Å². The Labute approximate surface area is 221 Å². The molecule has 0 radical (unpaired) electrons. The van der Waals surface area contributed by atoms with Crippen LogP contribution in [0.5, 0.6) is 0 Å². The Hall–Kier alpha value is -3.06. The molecule has 3 aromatic carbocycles. The molecule has 0 bridgehead atoms. The van der Waals surface area contributed by atoms with Crippen LogP contribution in [0.1, 0.15) is 42.7 Å². The molecule has 1 atom stereocenters. The topological polar surface area (TPSA) is 69.0 Å². The van der Waals surface area contributed by atoms with Gasteiger partial charge in [-0.25, -0.2) is 4.79 Å². The van der Waals surface area contributed by atoms with E-state index in [9.17, 15) is 4.79 Å². The molecule has 34 heavy (non-hydrogen) atoms. The minimum absolute atomic E-state index is 0. The fourth-order valence-corrected chi connectivity index (χ4v) is 3.80. The maximum absolute atomic E-state index is 12.5. The van der Waals surface area contributed by atoms with E-state index in [0.29, 0.717) is 11.5 Å². The van der Waals surface area contributed by atoms with Crippen LogP contribution in [0, 0.1) is 12.8 Å². The third-order valence-electron chi connectivity index (χ3n) is 5.85. The Morgan fingerprint density at radius 3 is 2.21 bits per heavy atom. The monoisotopic (exact) mass is 460 g/mol. The quantitative estimate of drug-likeness (QED) is 0.354. The minimum Gasteiger partial charge on any atom is -0.441 e. The second-order valence-electron chi connectivity index (χ2n) is 8.25. The van der Waals surface area contributed by atoms with Crippen molar-refractivity contribution >= 4 is 11.9 Å². The number of aromatic nitrogens is 3. The summed E-state index contributed by atoms with van der Waals surface area (Å²) in [6.07, 6.45) is 1.52. The molecule has 1 aliphatic rings. The summed E-state index contributed by atoms with van der Waals surface area (Å²) < 4.78 is 7.15. The van der Waals surface area contributed by atoms with Gasteiger partial charge in [-0.1, -0.05) is 60.5 Å². The van der Waals surface area contributed by atoms with Crippen molar-refractivity contribution in [3.63, 3.8) is 0 Å². The van der Waals surface area contributed by atoms with Crippen LogP contribution in [0.15, 0.2) is 78.9 Å². The molecule has 1 amide bonds. The first-order chi connectivity index (χ1) is 16.1. The molecule has 5 rings (SSSR count). The van der Waals surface area contributed by atoms with Crippen molar-refractivity contribution in [3.8, 4) is 16.8 Å². The van der Waals surface area contributed by atoms with Crippen LogP contribution in [-0.2, 0) is 4.74 Å². The van der Waals surface area contributed by atoms with Crippen molar-refractivity contribution in [3.05, 3.63) is 102 Å². The third-order valence-corrected chi connectivity index (χ3v) is 5.85. The molecule has 0 saturated heterocycles. The number of carbonyl (C=O) groups is 1. The number of amides is 1. The maximum atomic E-state index is 12.5. The Balaban J connectivity index is 0.00000274. The molecular formula is C27H25N4NaO2. The standard InChI is InChI=1S/C27H25N4O2.Na/c1-18-26(28-27(32)33-19(2)20-6-4-3-5-7-20)31(30-29-18)25-16-14-24(15-17-25)23-12-10-22(11-13-23)21-8-9-21;/h3-7,10-17,19H,8-9H2,1-2H3,(H,28,32);/q-1;+1/t19-;/m1./s1. The number of nitrogens with zero attached hydrogens (tertiary/aromatic N) is 3. The zero-order chi connectivity index (χ0) is 22.8. The Bertz CT molecular complexity index is 1250. The van der Waals surface area contributed by atoms with E-state index < -0.39 is 6.09 Å². The van der Waals surface area contributed by atoms with E-state index in [0.717, 1.165) is 22.4 Å². The average Bonchev–Trinajstić information content (AvgIpc) is 3.64. The predicted octanol–water partition coefficient (Wildman–Crippen LogP) is 3.27. The number of aryl methyl sites for hydroxylation is 1. The van der Waals surface area contributed by atoms with Crippen LogP contribution >= 0.6 is 0 Å². The Morgan fingerprint density at radius 2 is 1.59 bits per heavy atom. The fraction of sp³-hybridized carbons (Fsp3) is 0.185. The molecule has 1 heterocycles. The number of nitrogens with one attached hydrogen (secondary N) is 1. The summed E-state index contributed by atoms with van der Waals surface area (Å²) in [4.78, 5) is 12.5. The molecule has 0 unspecified atom stereocenters. The first kappa shape index (κ1) is 24.1. The van der Waals surface area contributed by atoms with Gasteiger partial charge in [0, 0.05) is 0 Å². The summed E-state index contributed by atoms with van der Waals surface area (Å²) in [7, 11) is 0. The largest absolute Gasteiger partial charge is 1.00 e. The number of anilines is 1. The summed E-state index contributed by atoms with van der Waals surface area (Å²) in [6.45, 7) is 3.64. The molecule has 0 aliphatic heterocycles. The van der Waals surface area contributed by atoms with Gasteiger partial charge in [0.25, 0.3) is 0 Å². The summed E-state index contributed by atoms with van der Waals surface area (Å²) in [6, 6.07) is 26.3. The number of hydrogen-bond donors (Lipinski definition) is 1. The number of benzene rings is 3. The predicted molar refractivity (Wildman–Crippen MR) is 128 cm³/mol. The molecular weight excluding hydrogens is 435 g/mol. The van der Waals surface area contributed by atoms with E-state index in [-0.39, 0.29) is 35.7 Å². The van der Waals surface area contributed by atoms with E-state index in [1.165, 1.54) is 24.3 Å². The zero-order valence-corrected chi connectivity index (χ0v) is 21.7. The minimum atomic E-state index is -0.553. The van der Waals surface area contributed by atoms with E-state index in [1.807, 2.05) is 61.5 Å². The smallest absolute Gasteiger partial charge is 0.441 e. The molecule has 1 aliphatic carbocycles. The second-order valence-corrected chi connectivity index (χ2v) is 8.25. The van der Waals surface area contributed by atoms with E-state index >= 15 is 0 Å². The number of ether oxygens (including phenoxy) is 1. The first-order valence-electron chi connectivity index (χ1n) is 11.1. The number of rotatable bonds is 6. The van der Waals surface area contributed by atoms with Gasteiger partial charge < -0.3 is 4.74 Å². The van der Waals surface area contributed by atoms with Gasteiger partial charge in [-0.05, 0) is 42.7 Å². The summed E-state index contributed by atoms with van der Waals surface area (Å²) >= 11 is 0. The van der Waals surface area contributed by atoms with Gasteiger partial charge >= 0.3 is 35.7 Å². The average molecular weight is 461 g/mol. The van der Waals surface area contributed by atoms with Crippen molar-refractivity contribution < 1.29 is 39.1 Å². The second kappa shape index (κ2) is 10.5. The van der Waals surface area contributed by atoms with Gasteiger partial charge in [0.1, 0.15) is 11.8 Å².